The molecule has 1 aliphatic rings. The minimum absolute atomic E-state index is 0.0156. The van der Waals surface area contributed by atoms with Crippen LogP contribution in [0.1, 0.15) is 12.8 Å². The molecule has 0 aliphatic carbocycles. The molecule has 0 spiro atoms. The molecule has 0 saturated carbocycles. The largest absolute Gasteiger partial charge is 0.378 e. The third kappa shape index (κ3) is 2.40. The van der Waals surface area contributed by atoms with Crippen molar-refractivity contribution in [1.29, 1.82) is 0 Å². The Morgan fingerprint density at radius 3 is 2.06 bits per heavy atom. The molecule has 0 bridgehead atoms. The highest BCUT2D eigenvalue weighted by molar-refractivity contribution is 7.81. The number of aliphatic hydroxyl groups is 1. The minimum Gasteiger partial charge on any atom is -0.367 e. The van der Waals surface area contributed by atoms with Crippen molar-refractivity contribution in [2.75, 3.05) is 6.54 Å². The molecule has 1 saturated heterocycles. The quantitative estimate of drug-likeness (QED) is 0.452. The first-order valence-electron chi connectivity index (χ1n) is 4.13. The van der Waals surface area contributed by atoms with E-state index in [1.165, 1.54) is 0 Å². The van der Waals surface area contributed by atoms with Crippen molar-refractivity contribution < 1.29 is 37.5 Å². The van der Waals surface area contributed by atoms with Gasteiger partial charge in [0.1, 0.15) is 0 Å². The van der Waals surface area contributed by atoms with E-state index in [1.54, 1.807) is 0 Å². The van der Waals surface area contributed by atoms with E-state index < -0.39 is 35.3 Å². The number of nitrogens with two attached hydrogens (primary N) is 1. The lowest BCUT2D eigenvalue weighted by atomic mass is 10.3. The molecule has 6 N–H and O–H groups in total. The summed E-state index contributed by atoms with van der Waals surface area (Å²) in [6.45, 7) is 0.0379. The van der Waals surface area contributed by atoms with Gasteiger partial charge in [-0.3, -0.25) is 9.13 Å². The maximum atomic E-state index is 11.5. The van der Waals surface area contributed by atoms with Crippen molar-refractivity contribution in [1.82, 2.24) is 0 Å². The van der Waals surface area contributed by atoms with Gasteiger partial charge in [0.15, 0.2) is 0 Å². The zero-order valence-electron chi connectivity index (χ0n) is 7.96. The van der Waals surface area contributed by atoms with Gasteiger partial charge in [0, 0.05) is 6.42 Å². The van der Waals surface area contributed by atoms with Crippen LogP contribution >= 0.6 is 23.8 Å². The van der Waals surface area contributed by atoms with E-state index in [1.807, 2.05) is 0 Å². The molecular weight excluding hydrogens is 283 g/mol. The molecule has 1 heterocycles. The van der Waals surface area contributed by atoms with Crippen LogP contribution in [-0.2, 0) is 17.8 Å². The van der Waals surface area contributed by atoms with Crippen LogP contribution in [0.3, 0.4) is 0 Å². The molecule has 0 aromatic heterocycles. The molecule has 2 atom stereocenters. The Bertz CT molecular complexity index is 333. The van der Waals surface area contributed by atoms with Crippen molar-refractivity contribution >= 4 is 23.8 Å². The summed E-state index contributed by atoms with van der Waals surface area (Å²) in [4.78, 5) is 27.5. The van der Waals surface area contributed by atoms with E-state index >= 15 is 0 Å². The van der Waals surface area contributed by atoms with Crippen LogP contribution in [0.15, 0.2) is 0 Å². The summed E-state index contributed by atoms with van der Waals surface area (Å²) in [7, 11) is -12.7. The van der Waals surface area contributed by atoms with Gasteiger partial charge < -0.3 is 25.5 Å². The van der Waals surface area contributed by atoms with Crippen LogP contribution in [0.2, 0.25) is 0 Å². The van der Waals surface area contributed by atoms with Crippen molar-refractivity contribution in [2.24, 2.45) is 5.73 Å². The Hall–Kier alpha value is 0.610. The van der Waals surface area contributed by atoms with Crippen molar-refractivity contribution in [3.63, 3.8) is 0 Å². The maximum absolute atomic E-state index is 11.5. The summed E-state index contributed by atoms with van der Waals surface area (Å²) in [5, 5.41) is 6.80. The van der Waals surface area contributed by atoms with Gasteiger partial charge in [-0.15, -0.1) is 0 Å². The predicted octanol–water partition coefficient (Wildman–Crippen LogP) is 0.00820. The van der Waals surface area contributed by atoms with Gasteiger partial charge in [0.05, 0.1) is 0 Å². The summed E-state index contributed by atoms with van der Waals surface area (Å²) in [5.41, 5.74) is 5.13. The van der Waals surface area contributed by atoms with E-state index in [0.717, 1.165) is 0 Å². The minimum atomic E-state index is -4.88. The molecule has 0 radical (unpaired) electrons. The molecule has 1 rings (SSSR count). The molecule has 0 aromatic carbocycles. The van der Waals surface area contributed by atoms with Crippen molar-refractivity contribution in [2.45, 2.75) is 17.9 Å². The highest BCUT2D eigenvalue weighted by Crippen LogP contribution is 2.84. The highest BCUT2D eigenvalue weighted by Gasteiger charge is 2.67. The van der Waals surface area contributed by atoms with E-state index in [9.17, 15) is 24.0 Å². The van der Waals surface area contributed by atoms with Crippen LogP contribution in [-0.4, -0.2) is 31.4 Å². The third-order valence-electron chi connectivity index (χ3n) is 1.98. The molecule has 12 heteroatoms. The Balaban J connectivity index is 3.10. The van der Waals surface area contributed by atoms with Crippen LogP contribution < -0.4 is 5.73 Å². The second kappa shape index (κ2) is 4.71. The van der Waals surface area contributed by atoms with Gasteiger partial charge in [-0.25, -0.2) is 8.62 Å². The lowest BCUT2D eigenvalue weighted by Gasteiger charge is -2.38. The molecule has 0 aromatic rings. The van der Waals surface area contributed by atoms with Crippen LogP contribution in [0.5, 0.6) is 0 Å². The fourth-order valence-corrected chi connectivity index (χ4v) is 6.88. The topological polar surface area (TPSA) is 160 Å². The number of hydrogen-bond donors (Lipinski definition) is 5. The van der Waals surface area contributed by atoms with Gasteiger partial charge >= 0.3 is 23.8 Å². The maximum Gasteiger partial charge on any atom is 0.378 e. The second-order valence-corrected chi connectivity index (χ2v) is 8.80. The zero-order valence-corrected chi connectivity index (χ0v) is 10.6. The molecule has 1 fully saturated rings. The summed E-state index contributed by atoms with van der Waals surface area (Å²) >= 11 is 0. The Morgan fingerprint density at radius 2 is 1.69 bits per heavy atom. The Kier molecular flexibility index (Phi) is 4.31. The van der Waals surface area contributed by atoms with Crippen LogP contribution in [0, 0.1) is 0 Å². The number of rotatable bonds is 3. The molecular formula is C4H12NO8P3. The lowest BCUT2D eigenvalue weighted by Crippen LogP contribution is -2.33. The fraction of sp³-hybridized carbons (Fsp3) is 1.00. The standard InChI is InChI=1S/C4H12NO8P3/c5-3-1-2-4(6)15(8,9)12-14(7)13-16(4,10)11/h6-7H,1-3,5H2,(H,8,9)(H,10,11). The van der Waals surface area contributed by atoms with Crippen molar-refractivity contribution in [3.05, 3.63) is 0 Å². The molecule has 0 amide bonds. The van der Waals surface area contributed by atoms with Gasteiger partial charge in [-0.2, -0.15) is 0 Å². The molecule has 2 unspecified atom stereocenters. The van der Waals surface area contributed by atoms with Crippen LogP contribution in [0.25, 0.3) is 0 Å². The Labute approximate surface area is 92.3 Å². The monoisotopic (exact) mass is 295 g/mol. The van der Waals surface area contributed by atoms with Gasteiger partial charge in [-0.1, -0.05) is 0 Å². The highest BCUT2D eigenvalue weighted by atomic mass is 31.3. The molecule has 9 nitrogen and oxygen atoms in total. The summed E-state index contributed by atoms with van der Waals surface area (Å²) in [5.74, 6) is 0. The molecule has 96 valence electrons. The van der Waals surface area contributed by atoms with Gasteiger partial charge in [0.25, 0.3) is 5.08 Å². The van der Waals surface area contributed by atoms with E-state index in [2.05, 4.69) is 8.62 Å². The summed E-state index contributed by atoms with van der Waals surface area (Å²) < 4.78 is 31.2. The summed E-state index contributed by atoms with van der Waals surface area (Å²) in [6.07, 6.45) is -0.532. The average molecular weight is 295 g/mol. The number of hydrogen-bond acceptors (Lipinski definition) is 7. The van der Waals surface area contributed by atoms with E-state index in [0.29, 0.717) is 0 Å². The first-order valence-corrected chi connectivity index (χ1v) is 8.41. The van der Waals surface area contributed by atoms with Crippen LogP contribution in [0.4, 0.5) is 0 Å². The average Bonchev–Trinajstić information content (AvgIpc) is 2.09. The third-order valence-corrected chi connectivity index (χ3v) is 8.64. The van der Waals surface area contributed by atoms with Crippen molar-refractivity contribution in [3.8, 4) is 0 Å². The summed E-state index contributed by atoms with van der Waals surface area (Å²) in [6, 6.07) is 0. The smallest absolute Gasteiger partial charge is 0.367 e. The molecule has 16 heavy (non-hydrogen) atoms. The first-order chi connectivity index (χ1) is 7.16. The normalized spacial score (nSPS) is 49.2. The van der Waals surface area contributed by atoms with E-state index in [4.69, 9.17) is 10.6 Å². The van der Waals surface area contributed by atoms with Gasteiger partial charge in [0.2, 0.25) is 0 Å². The Morgan fingerprint density at radius 1 is 1.25 bits per heavy atom. The lowest BCUT2D eigenvalue weighted by molar-refractivity contribution is 0.110. The zero-order chi connectivity index (χ0) is 12.6. The second-order valence-electron chi connectivity index (χ2n) is 3.11. The first kappa shape index (κ1) is 14.7. The molecule has 1 aliphatic heterocycles. The predicted molar refractivity (Wildman–Crippen MR) is 54.2 cm³/mol. The van der Waals surface area contributed by atoms with E-state index in [-0.39, 0.29) is 13.0 Å². The van der Waals surface area contributed by atoms with Gasteiger partial charge in [-0.05, 0) is 13.0 Å². The SMILES string of the molecule is NCCCC1(O)P(=O)(O)OP(O)OP1(=O)O. The fourth-order valence-electron chi connectivity index (χ4n) is 1.12.